The van der Waals surface area contributed by atoms with Crippen LogP contribution in [0.2, 0.25) is 0 Å². The second kappa shape index (κ2) is 6.58. The van der Waals surface area contributed by atoms with Gasteiger partial charge in [-0.15, -0.1) is 0 Å². The highest BCUT2D eigenvalue weighted by Crippen LogP contribution is 2.19. The van der Waals surface area contributed by atoms with Gasteiger partial charge in [-0.05, 0) is 44.5 Å². The highest BCUT2D eigenvalue weighted by Gasteiger charge is 2.21. The molecule has 2 aromatic rings. The topological polar surface area (TPSA) is 83.4 Å². The third-order valence-corrected chi connectivity index (χ3v) is 2.70. The second-order valence-electron chi connectivity index (χ2n) is 5.34. The zero-order valence-corrected chi connectivity index (χ0v) is 12.6. The lowest BCUT2D eigenvalue weighted by Gasteiger charge is -2.11. The van der Waals surface area contributed by atoms with E-state index in [0.29, 0.717) is 24.1 Å². The summed E-state index contributed by atoms with van der Waals surface area (Å²) in [7, 11) is 0. The van der Waals surface area contributed by atoms with E-state index >= 15 is 0 Å². The van der Waals surface area contributed by atoms with Gasteiger partial charge in [0.25, 0.3) is 5.89 Å². The molecule has 1 aromatic carbocycles. The summed E-state index contributed by atoms with van der Waals surface area (Å²) in [5.41, 5.74) is 5.27. The Morgan fingerprint density at radius 1 is 1.14 bits per heavy atom. The lowest BCUT2D eigenvalue weighted by molar-refractivity contribution is 0.241. The van der Waals surface area contributed by atoms with Crippen molar-refractivity contribution in [3.8, 4) is 11.5 Å². The van der Waals surface area contributed by atoms with Crippen LogP contribution in [0, 0.1) is 0 Å². The van der Waals surface area contributed by atoms with Crippen molar-refractivity contribution in [2.24, 2.45) is 5.73 Å². The molecule has 0 aliphatic rings. The van der Waals surface area contributed by atoms with Crippen molar-refractivity contribution >= 4 is 0 Å². The first kappa shape index (κ1) is 15.3. The van der Waals surface area contributed by atoms with Crippen molar-refractivity contribution < 1.29 is 14.0 Å². The average molecular weight is 291 g/mol. The van der Waals surface area contributed by atoms with E-state index in [9.17, 15) is 0 Å². The van der Waals surface area contributed by atoms with Gasteiger partial charge in [-0.2, -0.15) is 4.98 Å². The molecule has 6 nitrogen and oxygen atoms in total. The number of nitrogens with two attached hydrogens (primary N) is 1. The molecular formula is C15H21N3O3. The Kier molecular flexibility index (Phi) is 4.80. The van der Waals surface area contributed by atoms with Crippen molar-refractivity contribution in [1.82, 2.24) is 10.1 Å². The van der Waals surface area contributed by atoms with Crippen LogP contribution in [-0.2, 0) is 12.1 Å². The van der Waals surface area contributed by atoms with Gasteiger partial charge in [0.2, 0.25) is 0 Å². The molecule has 0 bridgehead atoms. The predicted molar refractivity (Wildman–Crippen MR) is 78.1 cm³/mol. The Bertz CT molecular complexity index is 558. The Labute approximate surface area is 124 Å². The standard InChI is InChI=1S/C15H21N3O3/c1-4-9-19-11-5-7-12(8-6-11)20-10-13-17-14(18-21-13)15(2,3)16/h5-8H,4,9-10,16H2,1-3H3. The fourth-order valence-corrected chi connectivity index (χ4v) is 1.57. The number of hydrogen-bond donors (Lipinski definition) is 1. The minimum Gasteiger partial charge on any atom is -0.494 e. The van der Waals surface area contributed by atoms with E-state index in [2.05, 4.69) is 17.1 Å². The Hall–Kier alpha value is -2.08. The van der Waals surface area contributed by atoms with E-state index in [4.69, 9.17) is 19.7 Å². The van der Waals surface area contributed by atoms with Crippen LogP contribution >= 0.6 is 0 Å². The molecule has 1 heterocycles. The first-order chi connectivity index (χ1) is 9.99. The maximum Gasteiger partial charge on any atom is 0.264 e. The monoisotopic (exact) mass is 291 g/mol. The smallest absolute Gasteiger partial charge is 0.264 e. The van der Waals surface area contributed by atoms with Crippen LogP contribution in [0.4, 0.5) is 0 Å². The van der Waals surface area contributed by atoms with Crippen LogP contribution in [0.15, 0.2) is 28.8 Å². The van der Waals surface area contributed by atoms with Gasteiger partial charge in [-0.25, -0.2) is 0 Å². The number of aromatic nitrogens is 2. The van der Waals surface area contributed by atoms with Crippen molar-refractivity contribution in [1.29, 1.82) is 0 Å². The molecule has 21 heavy (non-hydrogen) atoms. The van der Waals surface area contributed by atoms with E-state index in [-0.39, 0.29) is 6.61 Å². The van der Waals surface area contributed by atoms with Crippen molar-refractivity contribution in [3.05, 3.63) is 36.0 Å². The lowest BCUT2D eigenvalue weighted by atomic mass is 10.1. The summed E-state index contributed by atoms with van der Waals surface area (Å²) >= 11 is 0. The van der Waals surface area contributed by atoms with Crippen LogP contribution in [0.3, 0.4) is 0 Å². The Morgan fingerprint density at radius 2 is 1.76 bits per heavy atom. The molecule has 6 heteroatoms. The van der Waals surface area contributed by atoms with E-state index in [1.807, 2.05) is 38.1 Å². The van der Waals surface area contributed by atoms with Gasteiger partial charge in [0.05, 0.1) is 12.1 Å². The van der Waals surface area contributed by atoms with E-state index < -0.39 is 5.54 Å². The van der Waals surface area contributed by atoms with Crippen molar-refractivity contribution in [2.75, 3.05) is 6.61 Å². The third-order valence-electron chi connectivity index (χ3n) is 2.70. The minimum atomic E-state index is -0.625. The number of rotatable bonds is 7. The average Bonchev–Trinajstić information content (AvgIpc) is 2.93. The largest absolute Gasteiger partial charge is 0.494 e. The van der Waals surface area contributed by atoms with Crippen LogP contribution < -0.4 is 15.2 Å². The summed E-state index contributed by atoms with van der Waals surface area (Å²) in [6, 6.07) is 7.42. The van der Waals surface area contributed by atoms with E-state index in [1.54, 1.807) is 0 Å². The second-order valence-corrected chi connectivity index (χ2v) is 5.34. The quantitative estimate of drug-likeness (QED) is 0.844. The van der Waals surface area contributed by atoms with Gasteiger partial charge in [0, 0.05) is 0 Å². The molecule has 0 amide bonds. The molecule has 2 rings (SSSR count). The van der Waals surface area contributed by atoms with Crippen LogP contribution in [0.5, 0.6) is 11.5 Å². The molecule has 0 aliphatic heterocycles. The van der Waals surface area contributed by atoms with E-state index in [1.165, 1.54) is 0 Å². The van der Waals surface area contributed by atoms with Gasteiger partial charge in [-0.1, -0.05) is 12.1 Å². The van der Waals surface area contributed by atoms with E-state index in [0.717, 1.165) is 12.2 Å². The van der Waals surface area contributed by atoms with Gasteiger partial charge in [-0.3, -0.25) is 0 Å². The zero-order chi connectivity index (χ0) is 15.3. The highest BCUT2D eigenvalue weighted by molar-refractivity contribution is 5.31. The summed E-state index contributed by atoms with van der Waals surface area (Å²) in [5.74, 6) is 2.40. The van der Waals surface area contributed by atoms with Crippen molar-refractivity contribution in [2.45, 2.75) is 39.3 Å². The molecule has 0 atom stereocenters. The Balaban J connectivity index is 1.89. The molecule has 0 fully saturated rings. The SMILES string of the molecule is CCCOc1ccc(OCc2nc(C(C)(C)N)no2)cc1. The summed E-state index contributed by atoms with van der Waals surface area (Å²) in [6.07, 6.45) is 0.981. The summed E-state index contributed by atoms with van der Waals surface area (Å²) in [4.78, 5) is 4.20. The maximum atomic E-state index is 5.89. The molecule has 0 unspecified atom stereocenters. The molecule has 0 aliphatic carbocycles. The number of ether oxygens (including phenoxy) is 2. The number of hydrogen-bond acceptors (Lipinski definition) is 6. The molecule has 2 N–H and O–H groups in total. The maximum absolute atomic E-state index is 5.89. The molecule has 1 aromatic heterocycles. The molecule has 0 radical (unpaired) electrons. The lowest BCUT2D eigenvalue weighted by Crippen LogP contribution is -2.30. The number of nitrogens with zero attached hydrogens (tertiary/aromatic N) is 2. The van der Waals surface area contributed by atoms with Gasteiger partial charge in [0.1, 0.15) is 11.5 Å². The van der Waals surface area contributed by atoms with Crippen LogP contribution in [-0.4, -0.2) is 16.7 Å². The van der Waals surface area contributed by atoms with Crippen LogP contribution in [0.25, 0.3) is 0 Å². The highest BCUT2D eigenvalue weighted by atomic mass is 16.5. The van der Waals surface area contributed by atoms with Gasteiger partial charge in [0.15, 0.2) is 12.4 Å². The summed E-state index contributed by atoms with van der Waals surface area (Å²) in [6.45, 7) is 6.62. The first-order valence-corrected chi connectivity index (χ1v) is 6.96. The molecule has 114 valence electrons. The number of benzene rings is 1. The third kappa shape index (κ3) is 4.46. The molecular weight excluding hydrogens is 270 g/mol. The predicted octanol–water partition coefficient (Wildman–Crippen LogP) is 2.63. The molecule has 0 saturated heterocycles. The van der Waals surface area contributed by atoms with Crippen molar-refractivity contribution in [3.63, 3.8) is 0 Å². The minimum absolute atomic E-state index is 0.207. The first-order valence-electron chi connectivity index (χ1n) is 6.96. The molecule has 0 saturated carbocycles. The zero-order valence-electron chi connectivity index (χ0n) is 12.6. The fourth-order valence-electron chi connectivity index (χ4n) is 1.57. The van der Waals surface area contributed by atoms with Crippen LogP contribution in [0.1, 0.15) is 38.9 Å². The fraction of sp³-hybridized carbons (Fsp3) is 0.467. The molecule has 0 spiro atoms. The van der Waals surface area contributed by atoms with Gasteiger partial charge >= 0.3 is 0 Å². The Morgan fingerprint density at radius 3 is 2.29 bits per heavy atom. The summed E-state index contributed by atoms with van der Waals surface area (Å²) in [5, 5.41) is 3.84. The summed E-state index contributed by atoms with van der Waals surface area (Å²) < 4.78 is 16.2. The normalized spacial score (nSPS) is 11.4. The van der Waals surface area contributed by atoms with Gasteiger partial charge < -0.3 is 19.7 Å².